The number of ether oxygens (including phenoxy) is 1. The van der Waals surface area contributed by atoms with Gasteiger partial charge in [0, 0.05) is 28.6 Å². The molecule has 0 unspecified atom stereocenters. The molecule has 2 heterocycles. The lowest BCUT2D eigenvalue weighted by Crippen LogP contribution is -2.11. The van der Waals surface area contributed by atoms with Crippen LogP contribution in [0, 0.1) is 6.92 Å². The van der Waals surface area contributed by atoms with Gasteiger partial charge in [-0.2, -0.15) is 0 Å². The highest BCUT2D eigenvalue weighted by atomic mass is 16.5. The Labute approximate surface area is 133 Å². The molecule has 0 saturated carbocycles. The van der Waals surface area contributed by atoms with E-state index in [0.717, 1.165) is 39.3 Å². The quantitative estimate of drug-likeness (QED) is 0.737. The van der Waals surface area contributed by atoms with Crippen molar-refractivity contribution in [2.45, 2.75) is 20.3 Å². The maximum atomic E-state index is 12.5. The summed E-state index contributed by atoms with van der Waals surface area (Å²) < 4.78 is 11.2. The fourth-order valence-corrected chi connectivity index (χ4v) is 3.26. The number of aryl methyl sites for hydroxylation is 1. The molecule has 0 spiro atoms. The minimum absolute atomic E-state index is 0.101. The van der Waals surface area contributed by atoms with Crippen LogP contribution in [0.15, 0.2) is 39.6 Å². The Balaban J connectivity index is 2.15. The highest BCUT2D eigenvalue weighted by Crippen LogP contribution is 2.40. The van der Waals surface area contributed by atoms with Crippen LogP contribution in [0.5, 0.6) is 5.75 Å². The first-order valence-corrected chi connectivity index (χ1v) is 7.59. The Hall–Kier alpha value is -2.75. The molecular weight excluding hydrogens is 290 g/mol. The van der Waals surface area contributed by atoms with Gasteiger partial charge in [0.25, 0.3) is 5.56 Å². The normalized spacial score (nSPS) is 13.3. The second kappa shape index (κ2) is 4.88. The van der Waals surface area contributed by atoms with Gasteiger partial charge in [-0.05, 0) is 43.7 Å². The molecule has 116 valence electrons. The molecule has 0 atom stereocenters. The monoisotopic (exact) mass is 307 g/mol. The van der Waals surface area contributed by atoms with E-state index in [4.69, 9.17) is 9.15 Å². The molecular formula is C19H17NO3. The number of benzene rings is 1. The number of allylic oxidation sites excluding steroid dienone is 2. The fourth-order valence-electron chi connectivity index (χ4n) is 3.26. The molecule has 0 fully saturated rings. The van der Waals surface area contributed by atoms with Crippen LogP contribution >= 0.6 is 0 Å². The second-order valence-corrected chi connectivity index (χ2v) is 5.91. The molecule has 1 N–H and O–H groups in total. The van der Waals surface area contributed by atoms with E-state index in [2.05, 4.69) is 24.1 Å². The average molecular weight is 307 g/mol. The second-order valence-electron chi connectivity index (χ2n) is 5.91. The summed E-state index contributed by atoms with van der Waals surface area (Å²) in [6.45, 7) is 4.02. The Kier molecular flexibility index (Phi) is 2.94. The van der Waals surface area contributed by atoms with Gasteiger partial charge in [-0.3, -0.25) is 4.79 Å². The number of hydrogen-bond donors (Lipinski definition) is 1. The number of H-pyrrole nitrogens is 1. The molecule has 3 aromatic rings. The molecule has 1 aliphatic carbocycles. The van der Waals surface area contributed by atoms with Gasteiger partial charge in [0.1, 0.15) is 17.3 Å². The van der Waals surface area contributed by atoms with Crippen molar-refractivity contribution in [3.8, 4) is 17.1 Å². The number of furan rings is 1. The molecule has 0 saturated heterocycles. The first-order chi connectivity index (χ1) is 11.1. The Morgan fingerprint density at radius 1 is 1.17 bits per heavy atom. The predicted molar refractivity (Wildman–Crippen MR) is 90.9 cm³/mol. The fraction of sp³-hybridized carbons (Fsp3) is 0.211. The zero-order valence-corrected chi connectivity index (χ0v) is 13.3. The summed E-state index contributed by atoms with van der Waals surface area (Å²) in [4.78, 5) is 15.5. The average Bonchev–Trinajstić information content (AvgIpc) is 2.88. The summed E-state index contributed by atoms with van der Waals surface area (Å²) in [5.41, 5.74) is 4.01. The van der Waals surface area contributed by atoms with E-state index in [1.807, 2.05) is 19.1 Å². The topological polar surface area (TPSA) is 55.2 Å². The van der Waals surface area contributed by atoms with Crippen LogP contribution in [0.2, 0.25) is 0 Å². The highest BCUT2D eigenvalue weighted by Gasteiger charge is 2.23. The lowest BCUT2D eigenvalue weighted by Gasteiger charge is -2.10. The van der Waals surface area contributed by atoms with Crippen LogP contribution in [0.1, 0.15) is 23.9 Å². The zero-order valence-electron chi connectivity index (χ0n) is 13.3. The van der Waals surface area contributed by atoms with Crippen LogP contribution in [-0.2, 0) is 6.42 Å². The van der Waals surface area contributed by atoms with Crippen molar-refractivity contribution in [1.29, 1.82) is 0 Å². The molecule has 0 radical (unpaired) electrons. The third kappa shape index (κ3) is 2.02. The zero-order chi connectivity index (χ0) is 16.1. The van der Waals surface area contributed by atoms with Crippen LogP contribution in [-0.4, -0.2) is 12.1 Å². The van der Waals surface area contributed by atoms with Gasteiger partial charge in [0.15, 0.2) is 0 Å². The summed E-state index contributed by atoms with van der Waals surface area (Å²) in [5.74, 6) is 2.36. The van der Waals surface area contributed by atoms with Crippen LogP contribution in [0.25, 0.3) is 27.7 Å². The van der Waals surface area contributed by atoms with Crippen LogP contribution < -0.4 is 10.3 Å². The number of methoxy groups -OCH3 is 1. The Morgan fingerprint density at radius 3 is 2.78 bits per heavy atom. The first-order valence-electron chi connectivity index (χ1n) is 7.59. The molecule has 4 nitrogen and oxygen atoms in total. The number of nitrogens with one attached hydrogen (secondary N) is 1. The summed E-state index contributed by atoms with van der Waals surface area (Å²) in [6.07, 6.45) is 2.81. The number of fused-ring (bicyclic) bond motifs is 5. The summed E-state index contributed by atoms with van der Waals surface area (Å²) in [6, 6.07) is 7.64. The maximum Gasteiger partial charge on any atom is 0.256 e. The highest BCUT2D eigenvalue weighted by molar-refractivity contribution is 5.99. The molecule has 1 aromatic carbocycles. The third-order valence-electron chi connectivity index (χ3n) is 4.43. The third-order valence-corrected chi connectivity index (χ3v) is 4.43. The largest absolute Gasteiger partial charge is 0.497 e. The van der Waals surface area contributed by atoms with Crippen molar-refractivity contribution in [2.24, 2.45) is 0 Å². The minimum atomic E-state index is -0.101. The van der Waals surface area contributed by atoms with Gasteiger partial charge in [-0.25, -0.2) is 0 Å². The van der Waals surface area contributed by atoms with Gasteiger partial charge in [0.05, 0.1) is 12.5 Å². The Bertz CT molecular complexity index is 1020. The van der Waals surface area contributed by atoms with Crippen molar-refractivity contribution < 1.29 is 9.15 Å². The smallest absolute Gasteiger partial charge is 0.256 e. The number of pyridine rings is 1. The molecule has 4 rings (SSSR count). The first kappa shape index (κ1) is 13.9. The van der Waals surface area contributed by atoms with E-state index in [9.17, 15) is 4.79 Å². The van der Waals surface area contributed by atoms with E-state index in [-0.39, 0.29) is 5.56 Å². The van der Waals surface area contributed by atoms with Crippen LogP contribution in [0.3, 0.4) is 0 Å². The van der Waals surface area contributed by atoms with E-state index in [1.54, 1.807) is 13.2 Å². The summed E-state index contributed by atoms with van der Waals surface area (Å²) in [7, 11) is 1.60. The molecule has 23 heavy (non-hydrogen) atoms. The molecule has 0 amide bonds. The van der Waals surface area contributed by atoms with Gasteiger partial charge in [0.2, 0.25) is 0 Å². The molecule has 2 aromatic heterocycles. The minimum Gasteiger partial charge on any atom is -0.497 e. The van der Waals surface area contributed by atoms with Crippen LogP contribution in [0.4, 0.5) is 0 Å². The number of hydrogen-bond acceptors (Lipinski definition) is 3. The molecule has 0 bridgehead atoms. The summed E-state index contributed by atoms with van der Waals surface area (Å²) in [5, 5.41) is 1.51. The Morgan fingerprint density at radius 2 is 2.00 bits per heavy atom. The van der Waals surface area contributed by atoms with Crippen molar-refractivity contribution in [1.82, 2.24) is 4.98 Å². The van der Waals surface area contributed by atoms with Crippen molar-refractivity contribution >= 4 is 16.3 Å². The van der Waals surface area contributed by atoms with E-state index >= 15 is 0 Å². The van der Waals surface area contributed by atoms with Gasteiger partial charge < -0.3 is 14.1 Å². The van der Waals surface area contributed by atoms with Crippen molar-refractivity contribution in [2.75, 3.05) is 7.11 Å². The van der Waals surface area contributed by atoms with Gasteiger partial charge in [-0.1, -0.05) is 6.08 Å². The maximum absolute atomic E-state index is 12.5. The van der Waals surface area contributed by atoms with E-state index < -0.39 is 0 Å². The number of rotatable bonds is 1. The van der Waals surface area contributed by atoms with Crippen molar-refractivity contribution in [3.05, 3.63) is 57.7 Å². The lowest BCUT2D eigenvalue weighted by atomic mass is 9.99. The van der Waals surface area contributed by atoms with E-state index in [0.29, 0.717) is 17.6 Å². The van der Waals surface area contributed by atoms with Gasteiger partial charge >= 0.3 is 0 Å². The number of aromatic amines is 1. The van der Waals surface area contributed by atoms with E-state index in [1.165, 1.54) is 0 Å². The number of aromatic nitrogens is 1. The lowest BCUT2D eigenvalue weighted by molar-refractivity contribution is 0.415. The molecule has 0 aliphatic heterocycles. The standard InChI is InChI=1S/C19H17NO3/c1-10-4-7-16-17(18-14(10)8-11(2)23-18)13-6-5-12(22-3)9-15(13)19(21)20-16/h4-6,8-9H,7H2,1-3H3,(H,20,21). The van der Waals surface area contributed by atoms with Crippen molar-refractivity contribution in [3.63, 3.8) is 0 Å². The summed E-state index contributed by atoms with van der Waals surface area (Å²) >= 11 is 0. The molecule has 1 aliphatic rings. The predicted octanol–water partition coefficient (Wildman–Crippen LogP) is 4.06. The molecule has 4 heteroatoms. The SMILES string of the molecule is COc1ccc2c3c([nH]c(=O)c2c1)CC=C(C)c1cc(C)oc1-3. The van der Waals surface area contributed by atoms with Gasteiger partial charge in [-0.15, -0.1) is 0 Å².